The fourth-order valence-corrected chi connectivity index (χ4v) is 2.99. The van der Waals surface area contributed by atoms with Crippen LogP contribution in [-0.4, -0.2) is 32.5 Å². The van der Waals surface area contributed by atoms with Crippen LogP contribution in [0.15, 0.2) is 42.5 Å². The van der Waals surface area contributed by atoms with E-state index in [4.69, 9.17) is 14.1 Å². The van der Waals surface area contributed by atoms with Crippen LogP contribution in [0.4, 0.5) is 0 Å². The van der Waals surface area contributed by atoms with E-state index in [0.717, 1.165) is 29.0 Å². The zero-order valence-electron chi connectivity index (χ0n) is 14.2. The predicted molar refractivity (Wildman–Crippen MR) is 95.7 cm³/mol. The minimum atomic E-state index is -0.645. The average molecular weight is 326 g/mol. The first kappa shape index (κ1) is 16.9. The van der Waals surface area contributed by atoms with Crippen molar-refractivity contribution in [3.8, 4) is 22.6 Å². The fraction of sp³-hybridized carbons (Fsp3) is 0.368. The van der Waals surface area contributed by atoms with Crippen LogP contribution in [0.1, 0.15) is 24.8 Å². The van der Waals surface area contributed by atoms with Gasteiger partial charge in [0.25, 0.3) is 0 Å². The third-order valence-electron chi connectivity index (χ3n) is 4.29. The van der Waals surface area contributed by atoms with Crippen molar-refractivity contribution >= 4 is 7.12 Å². The van der Waals surface area contributed by atoms with Crippen molar-refractivity contribution in [2.24, 2.45) is 0 Å². The summed E-state index contributed by atoms with van der Waals surface area (Å²) in [5.74, 6) is 1.76. The molecule has 1 fully saturated rings. The molecule has 0 aromatic heterocycles. The molecule has 0 saturated carbocycles. The monoisotopic (exact) mass is 326 g/mol. The lowest BCUT2D eigenvalue weighted by atomic mass is 9.79. The molecule has 4 nitrogen and oxygen atoms in total. The molecule has 0 unspecified atom stereocenters. The second-order valence-corrected chi connectivity index (χ2v) is 6.06. The van der Waals surface area contributed by atoms with E-state index in [-0.39, 0.29) is 5.92 Å². The third-order valence-corrected chi connectivity index (χ3v) is 4.29. The Labute approximate surface area is 143 Å². The van der Waals surface area contributed by atoms with Gasteiger partial charge in [-0.3, -0.25) is 0 Å². The molecule has 2 aromatic carbocycles. The zero-order valence-corrected chi connectivity index (χ0v) is 14.2. The first-order valence-electron chi connectivity index (χ1n) is 8.42. The van der Waals surface area contributed by atoms with Crippen molar-refractivity contribution in [2.75, 3.05) is 20.3 Å². The van der Waals surface area contributed by atoms with E-state index in [1.165, 1.54) is 5.56 Å². The molecule has 1 saturated heterocycles. The summed E-state index contributed by atoms with van der Waals surface area (Å²) < 4.78 is 16.5. The Balaban J connectivity index is 1.88. The lowest BCUT2D eigenvalue weighted by Crippen LogP contribution is -2.07. The van der Waals surface area contributed by atoms with Gasteiger partial charge in [0, 0.05) is 12.5 Å². The molecule has 5 heteroatoms. The Morgan fingerprint density at radius 1 is 1.17 bits per heavy atom. The number of methoxy groups -OCH3 is 1. The molecule has 0 amide bonds. The number of hydrogen-bond acceptors (Lipinski definition) is 4. The van der Waals surface area contributed by atoms with E-state index < -0.39 is 7.12 Å². The fourth-order valence-electron chi connectivity index (χ4n) is 2.99. The maximum Gasteiger partial charge on any atom is 0.454 e. The second kappa shape index (κ2) is 7.73. The Bertz CT molecular complexity index is 689. The van der Waals surface area contributed by atoms with Crippen LogP contribution >= 0.6 is 0 Å². The largest absolute Gasteiger partial charge is 0.493 e. The van der Waals surface area contributed by atoms with Crippen LogP contribution in [-0.2, 0) is 4.65 Å². The third kappa shape index (κ3) is 3.74. The van der Waals surface area contributed by atoms with Gasteiger partial charge in [0.15, 0.2) is 11.5 Å². The van der Waals surface area contributed by atoms with E-state index in [9.17, 15) is 5.02 Å². The van der Waals surface area contributed by atoms with Gasteiger partial charge in [0.2, 0.25) is 0 Å². The maximum absolute atomic E-state index is 9.57. The highest BCUT2D eigenvalue weighted by Crippen LogP contribution is 2.35. The van der Waals surface area contributed by atoms with Crippen LogP contribution in [0.2, 0.25) is 6.32 Å². The van der Waals surface area contributed by atoms with E-state index in [2.05, 4.69) is 25.1 Å². The van der Waals surface area contributed by atoms with Gasteiger partial charge in [0.05, 0.1) is 13.7 Å². The van der Waals surface area contributed by atoms with Crippen molar-refractivity contribution < 1.29 is 19.2 Å². The topological polar surface area (TPSA) is 47.9 Å². The molecular formula is C19H23BO4. The van der Waals surface area contributed by atoms with Crippen LogP contribution in [0.25, 0.3) is 11.1 Å². The summed E-state index contributed by atoms with van der Waals surface area (Å²) in [5.41, 5.74) is 3.40. The van der Waals surface area contributed by atoms with Gasteiger partial charge in [-0.1, -0.05) is 37.3 Å². The molecule has 3 rings (SSSR count). The molecule has 0 spiro atoms. The summed E-state index contributed by atoms with van der Waals surface area (Å²) in [7, 11) is 1.01. The van der Waals surface area contributed by atoms with Crippen LogP contribution in [0, 0.1) is 0 Å². The molecular weight excluding hydrogens is 303 g/mol. The van der Waals surface area contributed by atoms with Gasteiger partial charge in [-0.25, -0.2) is 0 Å². The lowest BCUT2D eigenvalue weighted by Gasteiger charge is -2.14. The normalized spacial score (nSPS) is 17.1. The van der Waals surface area contributed by atoms with Crippen molar-refractivity contribution in [1.82, 2.24) is 0 Å². The Kier molecular flexibility index (Phi) is 5.43. The Hall–Kier alpha value is -1.98. The molecule has 1 atom stereocenters. The molecule has 2 aromatic rings. The Morgan fingerprint density at radius 2 is 2.00 bits per heavy atom. The van der Waals surface area contributed by atoms with Crippen molar-refractivity contribution in [2.45, 2.75) is 25.6 Å². The minimum absolute atomic E-state index is 0.244. The van der Waals surface area contributed by atoms with Gasteiger partial charge in [-0.2, -0.15) is 0 Å². The van der Waals surface area contributed by atoms with Gasteiger partial charge < -0.3 is 19.2 Å². The maximum atomic E-state index is 9.57. The molecule has 1 heterocycles. The van der Waals surface area contributed by atoms with Crippen LogP contribution in [0.3, 0.4) is 0 Å². The van der Waals surface area contributed by atoms with Gasteiger partial charge >= 0.3 is 7.12 Å². The van der Waals surface area contributed by atoms with Crippen molar-refractivity contribution in [3.63, 3.8) is 0 Å². The molecule has 1 N–H and O–H groups in total. The first-order valence-corrected chi connectivity index (χ1v) is 8.42. The molecule has 0 aliphatic carbocycles. The van der Waals surface area contributed by atoms with E-state index >= 15 is 0 Å². The number of rotatable bonds is 6. The average Bonchev–Trinajstić information content (AvgIpc) is 3.06. The van der Waals surface area contributed by atoms with Gasteiger partial charge in [-0.05, 0) is 41.6 Å². The molecule has 0 bridgehead atoms. The summed E-state index contributed by atoms with van der Waals surface area (Å²) in [6.07, 6.45) is 1.60. The van der Waals surface area contributed by atoms with Gasteiger partial charge in [-0.15, -0.1) is 0 Å². The Morgan fingerprint density at radius 3 is 2.71 bits per heavy atom. The predicted octanol–water partition coefficient (Wildman–Crippen LogP) is 3.75. The molecule has 0 radical (unpaired) electrons. The quantitative estimate of drug-likeness (QED) is 0.822. The standard InChI is InChI=1S/C19H23BO4/c1-3-9-23-19-11-16(7-8-18(19)22-2)14-5-4-6-15(10-14)17-12-20(21)24-13-17/h4-8,10-11,17,21H,3,9,12-13H2,1-2H3/t17-/m1/s1. The van der Waals surface area contributed by atoms with E-state index in [0.29, 0.717) is 19.5 Å². The number of benzene rings is 2. The van der Waals surface area contributed by atoms with E-state index in [1.54, 1.807) is 7.11 Å². The highest BCUT2D eigenvalue weighted by Gasteiger charge is 2.29. The molecule has 1 aliphatic heterocycles. The highest BCUT2D eigenvalue weighted by molar-refractivity contribution is 6.43. The number of hydrogen-bond donors (Lipinski definition) is 1. The molecule has 1 aliphatic rings. The number of ether oxygens (including phenoxy) is 2. The smallest absolute Gasteiger partial charge is 0.454 e. The minimum Gasteiger partial charge on any atom is -0.493 e. The molecule has 24 heavy (non-hydrogen) atoms. The molecule has 126 valence electrons. The second-order valence-electron chi connectivity index (χ2n) is 6.06. The van der Waals surface area contributed by atoms with Crippen LogP contribution < -0.4 is 9.47 Å². The van der Waals surface area contributed by atoms with Gasteiger partial charge in [0.1, 0.15) is 0 Å². The summed E-state index contributed by atoms with van der Waals surface area (Å²) in [4.78, 5) is 0. The summed E-state index contributed by atoms with van der Waals surface area (Å²) in [6.45, 7) is 3.31. The SMILES string of the molecule is CCCOc1cc(-c2cccc([C@H]3COB(O)C3)c2)ccc1OC. The summed E-state index contributed by atoms with van der Waals surface area (Å²) in [5, 5.41) is 9.57. The summed E-state index contributed by atoms with van der Waals surface area (Å²) in [6, 6.07) is 14.4. The first-order chi connectivity index (χ1) is 11.7. The van der Waals surface area contributed by atoms with Crippen LogP contribution in [0.5, 0.6) is 11.5 Å². The van der Waals surface area contributed by atoms with E-state index in [1.807, 2.05) is 24.3 Å². The van der Waals surface area contributed by atoms with Crippen molar-refractivity contribution in [1.29, 1.82) is 0 Å². The zero-order chi connectivity index (χ0) is 16.9. The lowest BCUT2D eigenvalue weighted by molar-refractivity contribution is 0.292. The summed E-state index contributed by atoms with van der Waals surface area (Å²) >= 11 is 0. The highest BCUT2D eigenvalue weighted by atomic mass is 16.5. The van der Waals surface area contributed by atoms with Crippen molar-refractivity contribution in [3.05, 3.63) is 48.0 Å².